The molecule has 3 nitrogen and oxygen atoms in total. The van der Waals surface area contributed by atoms with Gasteiger partial charge in [-0.3, -0.25) is 0 Å². The van der Waals surface area contributed by atoms with Crippen LogP contribution in [0, 0.1) is 0 Å². The van der Waals surface area contributed by atoms with E-state index < -0.39 is 19.1 Å². The largest absolute Gasteiger partial charge is 0.443 e. The molecule has 2 atom stereocenters. The SMILES string of the molecule is O=C(OCC(F)F)N1C2CCCC1CC2. The number of ether oxygens (including phenoxy) is 1. The number of carbonyl (C=O) groups excluding carboxylic acids is 1. The first-order valence-electron chi connectivity index (χ1n) is 5.41. The van der Waals surface area contributed by atoms with Gasteiger partial charge in [-0.25, -0.2) is 13.6 Å². The van der Waals surface area contributed by atoms with E-state index in [0.717, 1.165) is 32.1 Å². The van der Waals surface area contributed by atoms with Crippen molar-refractivity contribution in [3.8, 4) is 0 Å². The average Bonchev–Trinajstić information content (AvgIpc) is 2.45. The van der Waals surface area contributed by atoms with E-state index in [0.29, 0.717) is 0 Å². The van der Waals surface area contributed by atoms with Crippen LogP contribution in [0.15, 0.2) is 0 Å². The highest BCUT2D eigenvalue weighted by molar-refractivity contribution is 5.69. The van der Waals surface area contributed by atoms with Gasteiger partial charge in [0, 0.05) is 12.1 Å². The molecule has 0 saturated carbocycles. The third kappa shape index (κ3) is 2.21. The lowest BCUT2D eigenvalue weighted by atomic mass is 10.0. The van der Waals surface area contributed by atoms with Crippen LogP contribution in [-0.2, 0) is 4.74 Å². The molecule has 2 saturated heterocycles. The lowest BCUT2D eigenvalue weighted by Gasteiger charge is -2.33. The minimum atomic E-state index is -2.57. The summed E-state index contributed by atoms with van der Waals surface area (Å²) in [4.78, 5) is 13.2. The molecule has 2 aliphatic heterocycles. The van der Waals surface area contributed by atoms with Crippen molar-refractivity contribution in [1.29, 1.82) is 0 Å². The van der Waals surface area contributed by atoms with Crippen LogP contribution in [0.4, 0.5) is 13.6 Å². The van der Waals surface area contributed by atoms with Gasteiger partial charge in [-0.05, 0) is 32.1 Å². The second-order valence-corrected chi connectivity index (χ2v) is 4.19. The summed E-state index contributed by atoms with van der Waals surface area (Å²) in [7, 11) is 0. The Labute approximate surface area is 87.4 Å². The first-order chi connectivity index (χ1) is 7.18. The number of rotatable bonds is 2. The Bertz CT molecular complexity index is 232. The van der Waals surface area contributed by atoms with E-state index >= 15 is 0 Å². The highest BCUT2D eigenvalue weighted by Gasteiger charge is 2.40. The monoisotopic (exact) mass is 219 g/mol. The summed E-state index contributed by atoms with van der Waals surface area (Å²) in [5.41, 5.74) is 0. The maximum atomic E-state index is 11.9. The molecule has 5 heteroatoms. The normalized spacial score (nSPS) is 29.7. The van der Waals surface area contributed by atoms with Crippen LogP contribution in [0.2, 0.25) is 0 Å². The number of nitrogens with zero attached hydrogens (tertiary/aromatic N) is 1. The molecule has 0 spiro atoms. The van der Waals surface area contributed by atoms with Crippen LogP contribution >= 0.6 is 0 Å². The molecule has 2 rings (SSSR count). The summed E-state index contributed by atoms with van der Waals surface area (Å²) in [6, 6.07) is 0.461. The Morgan fingerprint density at radius 3 is 2.40 bits per heavy atom. The molecule has 0 radical (unpaired) electrons. The van der Waals surface area contributed by atoms with E-state index in [2.05, 4.69) is 4.74 Å². The van der Waals surface area contributed by atoms with Gasteiger partial charge in [0.25, 0.3) is 6.43 Å². The van der Waals surface area contributed by atoms with Gasteiger partial charge < -0.3 is 9.64 Å². The first kappa shape index (κ1) is 10.6. The van der Waals surface area contributed by atoms with E-state index in [1.807, 2.05) is 0 Å². The molecule has 2 bridgehead atoms. The topological polar surface area (TPSA) is 29.5 Å². The molecule has 2 unspecified atom stereocenters. The zero-order chi connectivity index (χ0) is 10.8. The van der Waals surface area contributed by atoms with Gasteiger partial charge in [0.2, 0.25) is 0 Å². The fraction of sp³-hybridized carbons (Fsp3) is 0.900. The zero-order valence-electron chi connectivity index (χ0n) is 8.49. The minimum absolute atomic E-state index is 0.230. The third-order valence-electron chi connectivity index (χ3n) is 3.24. The van der Waals surface area contributed by atoms with Crippen LogP contribution < -0.4 is 0 Å². The molecule has 0 aromatic heterocycles. The molecule has 0 aromatic rings. The number of alkyl halides is 2. The second-order valence-electron chi connectivity index (χ2n) is 4.19. The van der Waals surface area contributed by atoms with Crippen molar-refractivity contribution >= 4 is 6.09 Å². The maximum Gasteiger partial charge on any atom is 0.410 e. The summed E-state index contributed by atoms with van der Waals surface area (Å²) in [6.45, 7) is -0.783. The molecule has 86 valence electrons. The van der Waals surface area contributed by atoms with E-state index in [4.69, 9.17) is 0 Å². The lowest BCUT2D eigenvalue weighted by Crippen LogP contribution is -2.44. The molecule has 2 heterocycles. The van der Waals surface area contributed by atoms with Gasteiger partial charge in [0.15, 0.2) is 6.61 Å². The van der Waals surface area contributed by atoms with Crippen LogP contribution in [0.5, 0.6) is 0 Å². The smallest absolute Gasteiger partial charge is 0.410 e. The molecule has 2 aliphatic rings. The van der Waals surface area contributed by atoms with Crippen molar-refractivity contribution < 1.29 is 18.3 Å². The molecule has 0 aromatic carbocycles. The fourth-order valence-electron chi connectivity index (χ4n) is 2.62. The number of amides is 1. The number of hydrogen-bond acceptors (Lipinski definition) is 2. The van der Waals surface area contributed by atoms with Crippen molar-refractivity contribution in [1.82, 2.24) is 4.90 Å². The van der Waals surface area contributed by atoms with Crippen molar-refractivity contribution in [3.63, 3.8) is 0 Å². The van der Waals surface area contributed by atoms with Gasteiger partial charge in [-0.15, -0.1) is 0 Å². The molecule has 1 amide bonds. The number of piperidine rings is 1. The summed E-state index contributed by atoms with van der Waals surface area (Å²) in [5.74, 6) is 0. The molecule has 0 N–H and O–H groups in total. The van der Waals surface area contributed by atoms with Gasteiger partial charge in [-0.2, -0.15) is 0 Å². The fourth-order valence-corrected chi connectivity index (χ4v) is 2.62. The van der Waals surface area contributed by atoms with Gasteiger partial charge in [0.05, 0.1) is 0 Å². The number of halogens is 2. The van der Waals surface area contributed by atoms with E-state index in [9.17, 15) is 13.6 Å². The Morgan fingerprint density at radius 1 is 1.27 bits per heavy atom. The average molecular weight is 219 g/mol. The maximum absolute atomic E-state index is 11.9. The van der Waals surface area contributed by atoms with Crippen LogP contribution in [0.25, 0.3) is 0 Å². The molecule has 2 fully saturated rings. The van der Waals surface area contributed by atoms with E-state index in [1.165, 1.54) is 0 Å². The summed E-state index contributed by atoms with van der Waals surface area (Å²) in [6.07, 6.45) is 1.97. The van der Waals surface area contributed by atoms with E-state index in [1.54, 1.807) is 4.90 Å². The standard InChI is InChI=1S/C10H15F2NO2/c11-9(12)6-15-10(14)13-7-2-1-3-8(13)5-4-7/h7-9H,1-6H2. The zero-order valence-corrected chi connectivity index (χ0v) is 8.49. The Kier molecular flexibility index (Phi) is 3.07. The minimum Gasteiger partial charge on any atom is -0.443 e. The van der Waals surface area contributed by atoms with Crippen LogP contribution in [0.3, 0.4) is 0 Å². The lowest BCUT2D eigenvalue weighted by molar-refractivity contribution is 0.0187. The first-order valence-corrected chi connectivity index (χ1v) is 5.41. The van der Waals surface area contributed by atoms with Crippen molar-refractivity contribution in [2.24, 2.45) is 0 Å². The highest BCUT2D eigenvalue weighted by atomic mass is 19.3. The Hall–Kier alpha value is -0.870. The van der Waals surface area contributed by atoms with Gasteiger partial charge >= 0.3 is 6.09 Å². The van der Waals surface area contributed by atoms with Gasteiger partial charge in [0.1, 0.15) is 0 Å². The summed E-state index contributed by atoms with van der Waals surface area (Å²) < 4.78 is 28.3. The van der Waals surface area contributed by atoms with Crippen molar-refractivity contribution in [2.45, 2.75) is 50.6 Å². The Morgan fingerprint density at radius 2 is 1.87 bits per heavy atom. The second kappa shape index (κ2) is 4.33. The molecular weight excluding hydrogens is 204 g/mol. The highest BCUT2D eigenvalue weighted by Crippen LogP contribution is 2.35. The quantitative estimate of drug-likeness (QED) is 0.713. The predicted octanol–water partition coefficient (Wildman–Crippen LogP) is 2.41. The van der Waals surface area contributed by atoms with Crippen molar-refractivity contribution in [3.05, 3.63) is 0 Å². The van der Waals surface area contributed by atoms with Crippen LogP contribution in [0.1, 0.15) is 32.1 Å². The van der Waals surface area contributed by atoms with Crippen molar-refractivity contribution in [2.75, 3.05) is 6.61 Å². The van der Waals surface area contributed by atoms with E-state index in [-0.39, 0.29) is 12.1 Å². The predicted molar refractivity (Wildman–Crippen MR) is 49.9 cm³/mol. The number of hydrogen-bond donors (Lipinski definition) is 0. The Balaban J connectivity index is 1.90. The summed E-state index contributed by atoms with van der Waals surface area (Å²) >= 11 is 0. The van der Waals surface area contributed by atoms with Gasteiger partial charge in [-0.1, -0.05) is 0 Å². The third-order valence-corrected chi connectivity index (χ3v) is 3.24. The molecule has 0 aliphatic carbocycles. The summed E-state index contributed by atoms with van der Waals surface area (Å²) in [5, 5.41) is 0. The number of fused-ring (bicyclic) bond motifs is 2. The number of carbonyl (C=O) groups is 1. The molecule has 15 heavy (non-hydrogen) atoms. The molecular formula is C10H15F2NO2. The van der Waals surface area contributed by atoms with Crippen LogP contribution in [-0.4, -0.2) is 36.1 Å².